The van der Waals surface area contributed by atoms with E-state index in [4.69, 9.17) is 4.74 Å². The lowest BCUT2D eigenvalue weighted by Crippen LogP contribution is -2.36. The maximum Gasteiger partial charge on any atom is 0.416 e. The summed E-state index contributed by atoms with van der Waals surface area (Å²) in [6.07, 6.45) is -3.56. The van der Waals surface area contributed by atoms with Gasteiger partial charge >= 0.3 is 6.18 Å². The molecule has 1 N–H and O–H groups in total. The van der Waals surface area contributed by atoms with Gasteiger partial charge in [-0.05, 0) is 41.8 Å². The summed E-state index contributed by atoms with van der Waals surface area (Å²) < 4.78 is 79.5. The fraction of sp³-hybridized carbons (Fsp3) is 0.242. The van der Waals surface area contributed by atoms with Crippen LogP contribution in [0, 0.1) is 18.6 Å². The van der Waals surface area contributed by atoms with Crippen LogP contribution >= 0.6 is 11.8 Å². The normalized spacial score (nSPS) is 15.3. The van der Waals surface area contributed by atoms with Gasteiger partial charge in [-0.15, -0.1) is 18.3 Å². The average Bonchev–Trinajstić information content (AvgIpc) is 3.42. The molecule has 224 valence electrons. The highest BCUT2D eigenvalue weighted by Crippen LogP contribution is 2.45. The Hall–Kier alpha value is -3.89. The van der Waals surface area contributed by atoms with Gasteiger partial charge in [0.1, 0.15) is 5.82 Å². The first-order valence-electron chi connectivity index (χ1n) is 13.6. The molecular weight excluding hydrogens is 583 g/mol. The van der Waals surface area contributed by atoms with Crippen molar-refractivity contribution in [3.8, 4) is 16.9 Å². The van der Waals surface area contributed by atoms with Gasteiger partial charge in [0.15, 0.2) is 11.6 Å². The molecule has 0 fully saturated rings. The van der Waals surface area contributed by atoms with E-state index < -0.39 is 47.0 Å². The molecule has 43 heavy (non-hydrogen) atoms. The summed E-state index contributed by atoms with van der Waals surface area (Å²) in [4.78, 5) is 14.4. The van der Waals surface area contributed by atoms with Gasteiger partial charge in [0.2, 0.25) is 0 Å². The van der Waals surface area contributed by atoms with Crippen LogP contribution in [0.25, 0.3) is 11.1 Å². The van der Waals surface area contributed by atoms with Gasteiger partial charge in [0.05, 0.1) is 35.3 Å². The topological polar surface area (TPSA) is 43.3 Å². The summed E-state index contributed by atoms with van der Waals surface area (Å²) in [5.41, 5.74) is -0.690. The molecule has 1 aliphatic rings. The van der Waals surface area contributed by atoms with E-state index in [0.717, 1.165) is 23.8 Å². The standard InChI is InChI=1S/C33H29F5N2O2S/c1-4-16-39-30(20-10-6-5-7-11-20)26-18-43-32-22(17-23-24(33(36,37)38)13-9-14-25(23)34)19(2)28(31(41)40(26)32)21-12-8-15-27(42-3)29(21)35/h4-15,26,30,39H,1,16-18H2,2-3H3. The minimum Gasteiger partial charge on any atom is -0.494 e. The molecule has 0 bridgehead atoms. The number of rotatable bonds is 9. The third-order valence-electron chi connectivity index (χ3n) is 7.72. The van der Waals surface area contributed by atoms with E-state index in [1.54, 1.807) is 13.0 Å². The SMILES string of the molecule is C=CCNC(c1ccccc1)C1CSc2c(Cc3c(F)cccc3C(F)(F)F)c(C)c(-c3cccc(OC)c3F)c(=O)n21. The average molecular weight is 613 g/mol. The molecule has 4 nitrogen and oxygen atoms in total. The molecular formula is C33H29F5N2O2S. The first kappa shape index (κ1) is 30.6. The second-order valence-electron chi connectivity index (χ2n) is 10.2. The number of hydrogen-bond donors (Lipinski definition) is 1. The van der Waals surface area contributed by atoms with Crippen molar-refractivity contribution in [3.05, 3.63) is 129 Å². The zero-order chi connectivity index (χ0) is 30.9. The zero-order valence-corrected chi connectivity index (χ0v) is 24.3. The summed E-state index contributed by atoms with van der Waals surface area (Å²) in [7, 11) is 1.30. The molecule has 0 saturated carbocycles. The Labute approximate surface area is 250 Å². The Morgan fingerprint density at radius 3 is 2.47 bits per heavy atom. The first-order valence-corrected chi connectivity index (χ1v) is 14.5. The molecule has 2 atom stereocenters. The van der Waals surface area contributed by atoms with E-state index in [9.17, 15) is 18.0 Å². The van der Waals surface area contributed by atoms with Crippen molar-refractivity contribution in [2.45, 2.75) is 36.6 Å². The number of ether oxygens (including phenoxy) is 1. The second kappa shape index (κ2) is 12.4. The van der Waals surface area contributed by atoms with Crippen LogP contribution in [-0.2, 0) is 12.6 Å². The van der Waals surface area contributed by atoms with E-state index in [-0.39, 0.29) is 28.5 Å². The number of halogens is 5. The largest absolute Gasteiger partial charge is 0.494 e. The van der Waals surface area contributed by atoms with Crippen molar-refractivity contribution in [3.63, 3.8) is 0 Å². The van der Waals surface area contributed by atoms with Crippen LogP contribution in [0.5, 0.6) is 5.75 Å². The molecule has 0 amide bonds. The fourth-order valence-corrected chi connectivity index (χ4v) is 7.11. The monoisotopic (exact) mass is 612 g/mol. The van der Waals surface area contributed by atoms with Gasteiger partial charge in [-0.25, -0.2) is 8.78 Å². The molecule has 10 heteroatoms. The highest BCUT2D eigenvalue weighted by Gasteiger charge is 2.38. The summed E-state index contributed by atoms with van der Waals surface area (Å²) in [6, 6.07) is 15.8. The number of alkyl halides is 3. The quantitative estimate of drug-likeness (QED) is 0.154. The Balaban J connectivity index is 1.80. The van der Waals surface area contributed by atoms with E-state index in [0.29, 0.717) is 22.9 Å². The van der Waals surface area contributed by atoms with Crippen LogP contribution in [0.3, 0.4) is 0 Å². The minimum absolute atomic E-state index is 0.0110. The predicted molar refractivity (Wildman–Crippen MR) is 159 cm³/mol. The fourth-order valence-electron chi connectivity index (χ4n) is 5.69. The van der Waals surface area contributed by atoms with Gasteiger partial charge in [-0.3, -0.25) is 9.36 Å². The van der Waals surface area contributed by atoms with E-state index in [1.807, 2.05) is 30.3 Å². The molecule has 1 aliphatic heterocycles. The number of aromatic nitrogens is 1. The summed E-state index contributed by atoms with van der Waals surface area (Å²) in [5, 5.41) is 3.84. The number of thioether (sulfide) groups is 1. The summed E-state index contributed by atoms with van der Waals surface area (Å²) >= 11 is 1.32. The third kappa shape index (κ3) is 5.73. The van der Waals surface area contributed by atoms with Crippen LogP contribution < -0.4 is 15.6 Å². The van der Waals surface area contributed by atoms with Crippen molar-refractivity contribution >= 4 is 11.8 Å². The lowest BCUT2D eigenvalue weighted by Gasteiger charge is -2.28. The van der Waals surface area contributed by atoms with Crippen molar-refractivity contribution in [1.82, 2.24) is 9.88 Å². The zero-order valence-electron chi connectivity index (χ0n) is 23.5. The number of hydrogen-bond acceptors (Lipinski definition) is 4. The van der Waals surface area contributed by atoms with Crippen LogP contribution in [0.4, 0.5) is 22.0 Å². The molecule has 0 spiro atoms. The van der Waals surface area contributed by atoms with Crippen LogP contribution in [0.1, 0.15) is 39.9 Å². The Bertz CT molecular complexity index is 1720. The number of nitrogens with zero attached hydrogens (tertiary/aromatic N) is 1. The predicted octanol–water partition coefficient (Wildman–Crippen LogP) is 7.88. The highest BCUT2D eigenvalue weighted by molar-refractivity contribution is 7.99. The van der Waals surface area contributed by atoms with Gasteiger partial charge in [-0.1, -0.05) is 54.6 Å². The van der Waals surface area contributed by atoms with Gasteiger partial charge in [0.25, 0.3) is 5.56 Å². The van der Waals surface area contributed by atoms with Crippen molar-refractivity contribution in [1.29, 1.82) is 0 Å². The van der Waals surface area contributed by atoms with Gasteiger partial charge < -0.3 is 10.1 Å². The Morgan fingerprint density at radius 2 is 1.79 bits per heavy atom. The molecule has 2 heterocycles. The van der Waals surface area contributed by atoms with E-state index in [2.05, 4.69) is 11.9 Å². The lowest BCUT2D eigenvalue weighted by atomic mass is 9.91. The third-order valence-corrected chi connectivity index (χ3v) is 8.94. The number of fused-ring (bicyclic) bond motifs is 1. The number of benzene rings is 3. The molecule has 0 saturated heterocycles. The van der Waals surface area contributed by atoms with E-state index in [1.165, 1.54) is 41.6 Å². The molecule has 2 unspecified atom stereocenters. The summed E-state index contributed by atoms with van der Waals surface area (Å²) in [6.45, 7) is 5.78. The van der Waals surface area contributed by atoms with Crippen molar-refractivity contribution < 1.29 is 26.7 Å². The van der Waals surface area contributed by atoms with Crippen LogP contribution in [-0.4, -0.2) is 24.0 Å². The molecule has 4 aromatic rings. The number of methoxy groups -OCH3 is 1. The van der Waals surface area contributed by atoms with Gasteiger partial charge in [0, 0.05) is 29.8 Å². The smallest absolute Gasteiger partial charge is 0.416 e. The summed E-state index contributed by atoms with van der Waals surface area (Å²) in [5.74, 6) is -1.47. The van der Waals surface area contributed by atoms with Crippen molar-refractivity contribution in [2.24, 2.45) is 0 Å². The second-order valence-corrected chi connectivity index (χ2v) is 11.2. The first-order chi connectivity index (χ1) is 20.6. The maximum atomic E-state index is 15.7. The number of pyridine rings is 1. The Kier molecular flexibility index (Phi) is 8.80. The molecule has 0 radical (unpaired) electrons. The van der Waals surface area contributed by atoms with Crippen molar-refractivity contribution in [2.75, 3.05) is 19.4 Å². The Morgan fingerprint density at radius 1 is 1.07 bits per heavy atom. The minimum atomic E-state index is -4.80. The molecule has 3 aromatic carbocycles. The van der Waals surface area contributed by atoms with E-state index >= 15 is 8.78 Å². The van der Waals surface area contributed by atoms with Crippen LogP contribution in [0.2, 0.25) is 0 Å². The molecule has 1 aromatic heterocycles. The van der Waals surface area contributed by atoms with Gasteiger partial charge in [-0.2, -0.15) is 13.2 Å². The number of nitrogens with one attached hydrogen (secondary N) is 1. The molecule has 0 aliphatic carbocycles. The van der Waals surface area contributed by atoms with Crippen LogP contribution in [0.15, 0.2) is 89.2 Å². The lowest BCUT2D eigenvalue weighted by molar-refractivity contribution is -0.138. The highest BCUT2D eigenvalue weighted by atomic mass is 32.2. The molecule has 5 rings (SSSR count). The maximum absolute atomic E-state index is 15.7.